The molecule has 0 saturated carbocycles. The zero-order valence-electron chi connectivity index (χ0n) is 13.2. The molecule has 0 atom stereocenters. The largest absolute Gasteiger partial charge is 0.353 e. The fourth-order valence-corrected chi connectivity index (χ4v) is 2.81. The lowest BCUT2D eigenvalue weighted by atomic mass is 10.2. The second-order valence-electron chi connectivity index (χ2n) is 5.73. The molecular weight excluding hydrogens is 314 g/mol. The number of carbonyl (C=O) groups is 1. The van der Waals surface area contributed by atoms with Gasteiger partial charge in [0, 0.05) is 51.5 Å². The van der Waals surface area contributed by atoms with Crippen LogP contribution in [0.1, 0.15) is 12.0 Å². The second kappa shape index (κ2) is 7.00. The highest BCUT2D eigenvalue weighted by molar-refractivity contribution is 6.30. The van der Waals surface area contributed by atoms with Gasteiger partial charge in [-0.3, -0.25) is 9.48 Å². The highest BCUT2D eigenvalue weighted by atomic mass is 35.5. The maximum absolute atomic E-state index is 12.3. The van der Waals surface area contributed by atoms with Crippen molar-refractivity contribution in [1.29, 1.82) is 0 Å². The molecule has 0 bridgehead atoms. The minimum atomic E-state index is 0.182. The number of hydrogen-bond donors (Lipinski definition) is 0. The molecule has 122 valence electrons. The molecule has 1 saturated heterocycles. The number of nitrogens with zero attached hydrogens (tertiary/aromatic N) is 5. The lowest BCUT2D eigenvalue weighted by Gasteiger charge is -2.35. The van der Waals surface area contributed by atoms with E-state index in [1.54, 1.807) is 6.20 Å². The van der Waals surface area contributed by atoms with Gasteiger partial charge in [-0.25, -0.2) is 4.98 Å². The predicted octanol–water partition coefficient (Wildman–Crippen LogP) is 1.98. The smallest absolute Gasteiger partial charge is 0.224 e. The van der Waals surface area contributed by atoms with Gasteiger partial charge in [-0.15, -0.1) is 0 Å². The predicted molar refractivity (Wildman–Crippen MR) is 89.6 cm³/mol. The highest BCUT2D eigenvalue weighted by Gasteiger charge is 2.21. The number of aryl methyl sites for hydroxylation is 2. The summed E-state index contributed by atoms with van der Waals surface area (Å²) >= 11 is 5.86. The second-order valence-corrected chi connectivity index (χ2v) is 6.17. The lowest BCUT2D eigenvalue weighted by molar-refractivity contribution is -0.131. The Hall–Kier alpha value is -2.08. The number of carbonyl (C=O) groups excluding carboxylic acids is 1. The third kappa shape index (κ3) is 4.01. The van der Waals surface area contributed by atoms with Gasteiger partial charge in [0.1, 0.15) is 5.82 Å². The van der Waals surface area contributed by atoms with Crippen molar-refractivity contribution >= 4 is 23.3 Å². The summed E-state index contributed by atoms with van der Waals surface area (Å²) < 4.78 is 1.82. The zero-order chi connectivity index (χ0) is 16.2. The van der Waals surface area contributed by atoms with Crippen LogP contribution in [0.5, 0.6) is 0 Å². The summed E-state index contributed by atoms with van der Waals surface area (Å²) in [6.07, 6.45) is 5.90. The van der Waals surface area contributed by atoms with E-state index in [-0.39, 0.29) is 5.91 Å². The fourth-order valence-electron chi connectivity index (χ4n) is 2.70. The van der Waals surface area contributed by atoms with Crippen LogP contribution in [0.2, 0.25) is 5.02 Å². The summed E-state index contributed by atoms with van der Waals surface area (Å²) in [6.45, 7) is 5.66. The van der Waals surface area contributed by atoms with Gasteiger partial charge < -0.3 is 9.80 Å². The lowest BCUT2D eigenvalue weighted by Crippen LogP contribution is -2.49. The first-order chi connectivity index (χ1) is 11.1. The summed E-state index contributed by atoms with van der Waals surface area (Å²) in [5.41, 5.74) is 1.11. The zero-order valence-corrected chi connectivity index (χ0v) is 13.9. The number of halogens is 1. The van der Waals surface area contributed by atoms with Crippen LogP contribution in [0, 0.1) is 6.92 Å². The molecule has 0 aliphatic carbocycles. The van der Waals surface area contributed by atoms with Crippen molar-refractivity contribution in [2.45, 2.75) is 19.9 Å². The van der Waals surface area contributed by atoms with Gasteiger partial charge in [0.15, 0.2) is 0 Å². The number of amides is 1. The molecule has 2 aromatic heterocycles. The van der Waals surface area contributed by atoms with Crippen molar-refractivity contribution in [3.05, 3.63) is 41.3 Å². The number of rotatable bonds is 4. The molecule has 0 unspecified atom stereocenters. The van der Waals surface area contributed by atoms with Crippen LogP contribution in [0.15, 0.2) is 30.7 Å². The topological polar surface area (TPSA) is 54.3 Å². The van der Waals surface area contributed by atoms with Crippen molar-refractivity contribution in [3.63, 3.8) is 0 Å². The monoisotopic (exact) mass is 333 g/mol. The van der Waals surface area contributed by atoms with Crippen LogP contribution >= 0.6 is 11.6 Å². The molecule has 7 heteroatoms. The quantitative estimate of drug-likeness (QED) is 0.858. The Labute approximate surface area is 140 Å². The van der Waals surface area contributed by atoms with E-state index in [1.807, 2.05) is 41.0 Å². The Morgan fingerprint density at radius 2 is 2.00 bits per heavy atom. The minimum Gasteiger partial charge on any atom is -0.353 e. The summed E-state index contributed by atoms with van der Waals surface area (Å²) in [4.78, 5) is 20.7. The van der Waals surface area contributed by atoms with Crippen LogP contribution in [-0.2, 0) is 11.3 Å². The summed E-state index contributed by atoms with van der Waals surface area (Å²) in [6, 6.07) is 3.76. The third-order valence-electron chi connectivity index (χ3n) is 3.99. The van der Waals surface area contributed by atoms with E-state index in [2.05, 4.69) is 15.0 Å². The minimum absolute atomic E-state index is 0.182. The summed E-state index contributed by atoms with van der Waals surface area (Å²) in [5, 5.41) is 4.85. The van der Waals surface area contributed by atoms with Crippen molar-refractivity contribution in [1.82, 2.24) is 19.7 Å². The Balaban J connectivity index is 1.48. The van der Waals surface area contributed by atoms with Gasteiger partial charge in [0.2, 0.25) is 5.91 Å². The van der Waals surface area contributed by atoms with Crippen LogP contribution in [-0.4, -0.2) is 51.8 Å². The Morgan fingerprint density at radius 1 is 1.22 bits per heavy atom. The van der Waals surface area contributed by atoms with Crippen molar-refractivity contribution < 1.29 is 4.79 Å². The molecule has 3 heterocycles. The standard InChI is InChI=1S/C16H20ClN5O/c1-13-10-19-22(12-13)5-4-16(23)21-8-6-20(7-9-21)15-3-2-14(17)11-18-15/h2-3,10-12H,4-9H2,1H3. The highest BCUT2D eigenvalue weighted by Crippen LogP contribution is 2.16. The maximum Gasteiger partial charge on any atom is 0.224 e. The molecule has 0 N–H and O–H groups in total. The molecule has 2 aromatic rings. The number of pyridine rings is 1. The van der Waals surface area contributed by atoms with Crippen molar-refractivity contribution in [2.24, 2.45) is 0 Å². The Kier molecular flexibility index (Phi) is 4.81. The number of aromatic nitrogens is 3. The first kappa shape index (κ1) is 15.8. The third-order valence-corrected chi connectivity index (χ3v) is 4.21. The maximum atomic E-state index is 12.3. The average Bonchev–Trinajstić information content (AvgIpc) is 2.99. The molecule has 0 spiro atoms. The van der Waals surface area contributed by atoms with E-state index in [1.165, 1.54) is 0 Å². The molecule has 1 aliphatic rings. The Morgan fingerprint density at radius 3 is 2.61 bits per heavy atom. The molecule has 3 rings (SSSR count). The van der Waals surface area contributed by atoms with Gasteiger partial charge >= 0.3 is 0 Å². The summed E-state index contributed by atoms with van der Waals surface area (Å²) in [7, 11) is 0. The molecule has 1 aliphatic heterocycles. The van der Waals surface area contributed by atoms with E-state index < -0.39 is 0 Å². The van der Waals surface area contributed by atoms with Gasteiger partial charge in [-0.2, -0.15) is 5.10 Å². The van der Waals surface area contributed by atoms with Gasteiger partial charge in [0.25, 0.3) is 0 Å². The van der Waals surface area contributed by atoms with Crippen molar-refractivity contribution in [3.8, 4) is 0 Å². The summed E-state index contributed by atoms with van der Waals surface area (Å²) in [5.74, 6) is 1.09. The van der Waals surface area contributed by atoms with E-state index in [0.717, 1.165) is 37.6 Å². The normalized spacial score (nSPS) is 15.0. The van der Waals surface area contributed by atoms with E-state index >= 15 is 0 Å². The number of hydrogen-bond acceptors (Lipinski definition) is 4. The molecule has 23 heavy (non-hydrogen) atoms. The molecule has 0 radical (unpaired) electrons. The number of piperazine rings is 1. The molecule has 1 amide bonds. The van der Waals surface area contributed by atoms with Crippen molar-refractivity contribution in [2.75, 3.05) is 31.1 Å². The van der Waals surface area contributed by atoms with E-state index in [9.17, 15) is 4.79 Å². The fraction of sp³-hybridized carbons (Fsp3) is 0.438. The first-order valence-corrected chi connectivity index (χ1v) is 8.13. The number of anilines is 1. The van der Waals surface area contributed by atoms with Crippen LogP contribution in [0.4, 0.5) is 5.82 Å². The molecule has 0 aromatic carbocycles. The van der Waals surface area contributed by atoms with Crippen LogP contribution < -0.4 is 4.90 Å². The molecule has 6 nitrogen and oxygen atoms in total. The van der Waals surface area contributed by atoms with E-state index in [4.69, 9.17) is 11.6 Å². The SMILES string of the molecule is Cc1cnn(CCC(=O)N2CCN(c3ccc(Cl)cn3)CC2)c1. The van der Waals surface area contributed by atoms with Gasteiger partial charge in [0.05, 0.1) is 11.2 Å². The van der Waals surface area contributed by atoms with Gasteiger partial charge in [-0.1, -0.05) is 11.6 Å². The van der Waals surface area contributed by atoms with Gasteiger partial charge in [-0.05, 0) is 24.6 Å². The molecular formula is C16H20ClN5O. The Bertz CT molecular complexity index is 661. The van der Waals surface area contributed by atoms with Crippen LogP contribution in [0.25, 0.3) is 0 Å². The first-order valence-electron chi connectivity index (χ1n) is 7.75. The average molecular weight is 334 g/mol. The van der Waals surface area contributed by atoms with E-state index in [0.29, 0.717) is 18.0 Å². The molecule has 1 fully saturated rings. The van der Waals surface area contributed by atoms with Crippen LogP contribution in [0.3, 0.4) is 0 Å².